The Kier molecular flexibility index (Phi) is 4.69. The Labute approximate surface area is 122 Å². The zero-order valence-electron chi connectivity index (χ0n) is 10.6. The molecule has 1 aromatic heterocycles. The van der Waals surface area contributed by atoms with Gasteiger partial charge < -0.3 is 11.1 Å². The van der Waals surface area contributed by atoms with Gasteiger partial charge in [-0.15, -0.1) is 11.8 Å². The number of nitrogens with zero attached hydrogens (tertiary/aromatic N) is 1. The summed E-state index contributed by atoms with van der Waals surface area (Å²) in [6, 6.07) is 4.96. The molecule has 0 fully saturated rings. The lowest BCUT2D eigenvalue weighted by Gasteiger charge is -2.07. The third kappa shape index (κ3) is 3.88. The fourth-order valence-corrected chi connectivity index (χ4v) is 2.10. The van der Waals surface area contributed by atoms with Crippen LogP contribution in [-0.2, 0) is 4.79 Å². The van der Waals surface area contributed by atoms with Crippen LogP contribution in [0.25, 0.3) is 0 Å². The SMILES string of the molecule is Nc1ccc(SCC(=O)Nc2ccc(F)c(F)c2F)cn1. The van der Waals surface area contributed by atoms with Gasteiger partial charge in [0.15, 0.2) is 17.5 Å². The highest BCUT2D eigenvalue weighted by Gasteiger charge is 2.15. The van der Waals surface area contributed by atoms with E-state index in [1.54, 1.807) is 12.1 Å². The molecule has 0 aliphatic heterocycles. The van der Waals surface area contributed by atoms with Crippen molar-refractivity contribution >= 4 is 29.2 Å². The fourth-order valence-electron chi connectivity index (χ4n) is 1.43. The first-order valence-electron chi connectivity index (χ1n) is 5.75. The molecule has 1 aromatic carbocycles. The van der Waals surface area contributed by atoms with Gasteiger partial charge in [-0.25, -0.2) is 18.2 Å². The summed E-state index contributed by atoms with van der Waals surface area (Å²) in [4.78, 5) is 16.2. The van der Waals surface area contributed by atoms with Gasteiger partial charge in [0.1, 0.15) is 5.82 Å². The smallest absolute Gasteiger partial charge is 0.234 e. The van der Waals surface area contributed by atoms with Crippen molar-refractivity contribution in [3.05, 3.63) is 47.9 Å². The van der Waals surface area contributed by atoms with Gasteiger partial charge in [-0.1, -0.05) is 0 Å². The van der Waals surface area contributed by atoms with Gasteiger partial charge in [-0.2, -0.15) is 0 Å². The molecule has 0 bridgehead atoms. The molecule has 21 heavy (non-hydrogen) atoms. The van der Waals surface area contributed by atoms with Gasteiger partial charge in [0.05, 0.1) is 11.4 Å². The first-order valence-corrected chi connectivity index (χ1v) is 6.73. The number of benzene rings is 1. The molecule has 2 aromatic rings. The number of carbonyl (C=O) groups excluding carboxylic acids is 1. The first-order chi connectivity index (χ1) is 9.97. The number of aromatic nitrogens is 1. The molecule has 0 aliphatic rings. The minimum atomic E-state index is -1.62. The lowest BCUT2D eigenvalue weighted by molar-refractivity contribution is -0.113. The van der Waals surface area contributed by atoms with Crippen molar-refractivity contribution in [3.8, 4) is 0 Å². The van der Waals surface area contributed by atoms with Crippen LogP contribution in [0.3, 0.4) is 0 Å². The highest BCUT2D eigenvalue weighted by molar-refractivity contribution is 8.00. The molecule has 0 atom stereocenters. The number of rotatable bonds is 4. The molecule has 0 saturated carbocycles. The van der Waals surface area contributed by atoms with E-state index >= 15 is 0 Å². The fraction of sp³-hybridized carbons (Fsp3) is 0.0769. The van der Waals surface area contributed by atoms with E-state index in [1.807, 2.05) is 0 Å². The normalized spacial score (nSPS) is 10.4. The van der Waals surface area contributed by atoms with Crippen LogP contribution in [-0.4, -0.2) is 16.6 Å². The van der Waals surface area contributed by atoms with E-state index in [0.29, 0.717) is 10.7 Å². The minimum absolute atomic E-state index is 0.0377. The monoisotopic (exact) mass is 313 g/mol. The van der Waals surface area contributed by atoms with E-state index in [4.69, 9.17) is 5.73 Å². The molecule has 0 aliphatic carbocycles. The van der Waals surface area contributed by atoms with Gasteiger partial charge in [-0.3, -0.25) is 4.79 Å². The van der Waals surface area contributed by atoms with Crippen LogP contribution in [0, 0.1) is 17.5 Å². The second-order valence-electron chi connectivity index (χ2n) is 3.98. The van der Waals surface area contributed by atoms with Crippen molar-refractivity contribution in [1.82, 2.24) is 4.98 Å². The highest BCUT2D eigenvalue weighted by atomic mass is 32.2. The third-order valence-corrected chi connectivity index (χ3v) is 3.42. The third-order valence-electron chi connectivity index (χ3n) is 2.44. The number of thioether (sulfide) groups is 1. The summed E-state index contributed by atoms with van der Waals surface area (Å²) in [5, 5.41) is 2.17. The summed E-state index contributed by atoms with van der Waals surface area (Å²) in [6.07, 6.45) is 1.49. The quantitative estimate of drug-likeness (QED) is 0.673. The number of anilines is 2. The van der Waals surface area contributed by atoms with Crippen molar-refractivity contribution in [2.45, 2.75) is 4.90 Å². The van der Waals surface area contributed by atoms with E-state index in [1.165, 1.54) is 6.20 Å². The lowest BCUT2D eigenvalue weighted by atomic mass is 10.3. The van der Waals surface area contributed by atoms with Crippen molar-refractivity contribution in [2.24, 2.45) is 0 Å². The summed E-state index contributed by atoms with van der Waals surface area (Å²) in [6.45, 7) is 0. The molecule has 0 spiro atoms. The Morgan fingerprint density at radius 2 is 1.95 bits per heavy atom. The van der Waals surface area contributed by atoms with Crippen LogP contribution in [0.4, 0.5) is 24.7 Å². The Morgan fingerprint density at radius 3 is 2.62 bits per heavy atom. The van der Waals surface area contributed by atoms with Crippen LogP contribution in [0.1, 0.15) is 0 Å². The average molecular weight is 313 g/mol. The number of hydrogen-bond acceptors (Lipinski definition) is 4. The van der Waals surface area contributed by atoms with Gasteiger partial charge in [0.25, 0.3) is 0 Å². The van der Waals surface area contributed by atoms with Crippen LogP contribution >= 0.6 is 11.8 Å². The van der Waals surface area contributed by atoms with Crippen molar-refractivity contribution < 1.29 is 18.0 Å². The number of nitrogens with two attached hydrogens (primary N) is 1. The number of pyridine rings is 1. The molecular formula is C13H10F3N3OS. The van der Waals surface area contributed by atoms with Gasteiger partial charge in [-0.05, 0) is 24.3 Å². The van der Waals surface area contributed by atoms with Crippen molar-refractivity contribution in [2.75, 3.05) is 16.8 Å². The molecule has 2 rings (SSSR count). The largest absolute Gasteiger partial charge is 0.384 e. The zero-order chi connectivity index (χ0) is 15.4. The molecule has 1 heterocycles. The van der Waals surface area contributed by atoms with Crippen LogP contribution in [0.5, 0.6) is 0 Å². The lowest BCUT2D eigenvalue weighted by Crippen LogP contribution is -2.15. The predicted molar refractivity (Wildman–Crippen MR) is 74.3 cm³/mol. The Morgan fingerprint density at radius 1 is 1.19 bits per heavy atom. The molecule has 1 amide bonds. The average Bonchev–Trinajstić information content (AvgIpc) is 2.47. The molecule has 0 saturated heterocycles. The standard InChI is InChI=1S/C13H10F3N3OS/c14-8-2-3-9(13(16)12(8)15)19-11(20)6-21-7-1-4-10(17)18-5-7/h1-5H,6H2,(H2,17,18)(H,19,20). The first kappa shape index (κ1) is 15.2. The van der Waals surface area contributed by atoms with Crippen LogP contribution in [0.15, 0.2) is 35.4 Å². The summed E-state index contributed by atoms with van der Waals surface area (Å²) in [5.41, 5.74) is 5.01. The van der Waals surface area contributed by atoms with E-state index in [0.717, 1.165) is 23.9 Å². The van der Waals surface area contributed by atoms with Crippen molar-refractivity contribution in [3.63, 3.8) is 0 Å². The van der Waals surface area contributed by atoms with E-state index < -0.39 is 29.0 Å². The number of amides is 1. The minimum Gasteiger partial charge on any atom is -0.384 e. The predicted octanol–water partition coefficient (Wildman–Crippen LogP) is 2.81. The number of halogens is 3. The Hall–Kier alpha value is -2.22. The van der Waals surface area contributed by atoms with E-state index in [-0.39, 0.29) is 5.75 Å². The molecule has 0 unspecified atom stereocenters. The summed E-state index contributed by atoms with van der Waals surface area (Å²) < 4.78 is 39.1. The second-order valence-corrected chi connectivity index (χ2v) is 5.03. The number of hydrogen-bond donors (Lipinski definition) is 2. The Bertz CT molecular complexity index is 664. The van der Waals surface area contributed by atoms with Gasteiger partial charge >= 0.3 is 0 Å². The number of nitrogen functional groups attached to an aromatic ring is 1. The second kappa shape index (κ2) is 6.49. The molecule has 0 radical (unpaired) electrons. The molecule has 3 N–H and O–H groups in total. The zero-order valence-corrected chi connectivity index (χ0v) is 11.4. The maximum Gasteiger partial charge on any atom is 0.234 e. The molecule has 110 valence electrons. The molecular weight excluding hydrogens is 303 g/mol. The van der Waals surface area contributed by atoms with Crippen LogP contribution < -0.4 is 11.1 Å². The van der Waals surface area contributed by atoms with E-state index in [2.05, 4.69) is 10.3 Å². The summed E-state index contributed by atoms with van der Waals surface area (Å²) in [7, 11) is 0. The summed E-state index contributed by atoms with van der Waals surface area (Å²) >= 11 is 1.15. The molecule has 8 heteroatoms. The van der Waals surface area contributed by atoms with E-state index in [9.17, 15) is 18.0 Å². The highest BCUT2D eigenvalue weighted by Crippen LogP contribution is 2.21. The maximum atomic E-state index is 13.4. The summed E-state index contributed by atoms with van der Waals surface area (Å²) in [5.74, 6) is -4.60. The Balaban J connectivity index is 1.96. The number of carbonyl (C=O) groups is 1. The van der Waals surface area contributed by atoms with Gasteiger partial charge in [0.2, 0.25) is 5.91 Å². The number of nitrogens with one attached hydrogen (secondary N) is 1. The maximum absolute atomic E-state index is 13.4. The topological polar surface area (TPSA) is 68.0 Å². The molecule has 4 nitrogen and oxygen atoms in total. The van der Waals surface area contributed by atoms with Crippen molar-refractivity contribution in [1.29, 1.82) is 0 Å². The van der Waals surface area contributed by atoms with Gasteiger partial charge in [0, 0.05) is 11.1 Å². The van der Waals surface area contributed by atoms with Crippen LogP contribution in [0.2, 0.25) is 0 Å².